The van der Waals surface area contributed by atoms with Crippen LogP contribution < -0.4 is 5.73 Å². The highest BCUT2D eigenvalue weighted by atomic mass is 19.2. The van der Waals surface area contributed by atoms with Crippen LogP contribution in [-0.4, -0.2) is 14.5 Å². The fourth-order valence-corrected chi connectivity index (χ4v) is 4.28. The molecule has 1 saturated carbocycles. The number of imidazole rings is 1. The van der Waals surface area contributed by atoms with E-state index in [4.69, 9.17) is 5.73 Å². The van der Waals surface area contributed by atoms with Crippen molar-refractivity contribution in [1.29, 1.82) is 0 Å². The molecular formula is C28H22F2N4. The van der Waals surface area contributed by atoms with E-state index in [1.807, 2.05) is 23.0 Å². The van der Waals surface area contributed by atoms with Gasteiger partial charge >= 0.3 is 0 Å². The number of halogens is 2. The number of hydrogen-bond acceptors (Lipinski definition) is 3. The zero-order valence-corrected chi connectivity index (χ0v) is 18.4. The molecule has 6 rings (SSSR count). The Morgan fingerprint density at radius 1 is 0.824 bits per heavy atom. The van der Waals surface area contributed by atoms with Gasteiger partial charge in [-0.15, -0.1) is 0 Å². The molecule has 168 valence electrons. The van der Waals surface area contributed by atoms with Gasteiger partial charge in [-0.2, -0.15) is 0 Å². The van der Waals surface area contributed by atoms with Gasteiger partial charge in [0, 0.05) is 24.5 Å². The third kappa shape index (κ3) is 3.76. The lowest BCUT2D eigenvalue weighted by atomic mass is 9.99. The molecule has 1 aliphatic carbocycles. The fraction of sp³-hybridized carbons (Fsp3) is 0.143. The Balaban J connectivity index is 1.21. The molecule has 0 radical (unpaired) electrons. The quantitative estimate of drug-likeness (QED) is 0.356. The Morgan fingerprint density at radius 3 is 2.21 bits per heavy atom. The SMILES string of the molecule is NC1(c2ccc(-c3ccc(Cn4ccc5nc(-c6cccc(F)c6F)nc-5c4)cc3)cc2)CC1. The second-order valence-corrected chi connectivity index (χ2v) is 8.97. The van der Waals surface area contributed by atoms with Gasteiger partial charge in [0.05, 0.1) is 11.3 Å². The van der Waals surface area contributed by atoms with Crippen molar-refractivity contribution in [3.63, 3.8) is 0 Å². The lowest BCUT2D eigenvalue weighted by Gasteiger charge is -2.11. The van der Waals surface area contributed by atoms with Gasteiger partial charge in [-0.25, -0.2) is 18.7 Å². The average molecular weight is 453 g/mol. The number of nitrogens with zero attached hydrogens (tertiary/aromatic N) is 3. The van der Waals surface area contributed by atoms with Crippen LogP contribution in [0.5, 0.6) is 0 Å². The van der Waals surface area contributed by atoms with E-state index in [0.717, 1.165) is 35.6 Å². The largest absolute Gasteiger partial charge is 0.348 e. The minimum absolute atomic E-state index is 0.0603. The van der Waals surface area contributed by atoms with E-state index in [0.29, 0.717) is 17.9 Å². The molecule has 2 N–H and O–H groups in total. The maximum absolute atomic E-state index is 14.1. The highest BCUT2D eigenvalue weighted by Crippen LogP contribution is 2.43. The second-order valence-electron chi connectivity index (χ2n) is 8.97. The van der Waals surface area contributed by atoms with Crippen molar-refractivity contribution in [3.05, 3.63) is 108 Å². The van der Waals surface area contributed by atoms with Gasteiger partial charge < -0.3 is 10.3 Å². The number of hydrogen-bond donors (Lipinski definition) is 1. The molecule has 0 bridgehead atoms. The summed E-state index contributed by atoms with van der Waals surface area (Å²) in [7, 11) is 0. The molecular weight excluding hydrogens is 430 g/mol. The molecule has 4 nitrogen and oxygen atoms in total. The van der Waals surface area contributed by atoms with E-state index >= 15 is 0 Å². The third-order valence-electron chi connectivity index (χ3n) is 6.52. The Morgan fingerprint density at radius 2 is 1.50 bits per heavy atom. The maximum Gasteiger partial charge on any atom is 0.169 e. The van der Waals surface area contributed by atoms with Crippen LogP contribution in [-0.2, 0) is 12.1 Å². The van der Waals surface area contributed by atoms with E-state index in [2.05, 4.69) is 58.5 Å². The first-order valence-electron chi connectivity index (χ1n) is 11.3. The smallest absolute Gasteiger partial charge is 0.169 e. The van der Waals surface area contributed by atoms with E-state index in [9.17, 15) is 8.78 Å². The molecule has 34 heavy (non-hydrogen) atoms. The molecule has 2 aliphatic heterocycles. The zero-order chi connectivity index (χ0) is 23.3. The summed E-state index contributed by atoms with van der Waals surface area (Å²) in [4.78, 5) is 8.79. The van der Waals surface area contributed by atoms with Gasteiger partial charge in [0.1, 0.15) is 5.69 Å². The monoisotopic (exact) mass is 452 g/mol. The van der Waals surface area contributed by atoms with Crippen molar-refractivity contribution >= 4 is 0 Å². The van der Waals surface area contributed by atoms with Crippen molar-refractivity contribution in [3.8, 4) is 33.9 Å². The first kappa shape index (κ1) is 20.7. The van der Waals surface area contributed by atoms with Crippen LogP contribution in [0.25, 0.3) is 33.9 Å². The number of pyridine rings is 1. The van der Waals surface area contributed by atoms with Gasteiger partial charge in [0.25, 0.3) is 0 Å². The summed E-state index contributed by atoms with van der Waals surface area (Å²) in [6.45, 7) is 0.654. The molecule has 0 atom stereocenters. The van der Waals surface area contributed by atoms with E-state index in [1.165, 1.54) is 17.7 Å². The van der Waals surface area contributed by atoms with Crippen molar-refractivity contribution in [2.75, 3.05) is 0 Å². The summed E-state index contributed by atoms with van der Waals surface area (Å²) >= 11 is 0. The number of benzene rings is 3. The normalized spacial score (nSPS) is 14.4. The Kier molecular flexibility index (Phi) is 4.78. The number of fused-ring (bicyclic) bond motifs is 1. The number of rotatable bonds is 5. The van der Waals surface area contributed by atoms with Crippen LogP contribution in [0, 0.1) is 11.6 Å². The minimum Gasteiger partial charge on any atom is -0.348 e. The average Bonchev–Trinajstić information content (AvgIpc) is 3.47. The molecule has 0 amide bonds. The van der Waals surface area contributed by atoms with Crippen LogP contribution in [0.15, 0.2) is 85.2 Å². The Labute approximate surface area is 196 Å². The summed E-state index contributed by atoms with van der Waals surface area (Å²) in [5.74, 6) is -1.66. The van der Waals surface area contributed by atoms with E-state index in [-0.39, 0.29) is 16.9 Å². The fourth-order valence-electron chi connectivity index (χ4n) is 4.28. The first-order chi connectivity index (χ1) is 16.5. The highest BCUT2D eigenvalue weighted by molar-refractivity contribution is 5.66. The summed E-state index contributed by atoms with van der Waals surface area (Å²) < 4.78 is 29.7. The molecule has 3 aliphatic rings. The minimum atomic E-state index is -0.935. The molecule has 3 aromatic carbocycles. The van der Waals surface area contributed by atoms with Crippen LogP contribution >= 0.6 is 0 Å². The van der Waals surface area contributed by atoms with Crippen molar-refractivity contribution < 1.29 is 8.78 Å². The van der Waals surface area contributed by atoms with Gasteiger partial charge in [0.15, 0.2) is 17.5 Å². The van der Waals surface area contributed by atoms with Crippen molar-refractivity contribution in [2.45, 2.75) is 24.9 Å². The zero-order valence-electron chi connectivity index (χ0n) is 18.4. The second kappa shape index (κ2) is 7.85. The number of aromatic nitrogens is 3. The number of nitrogens with two attached hydrogens (primary N) is 1. The van der Waals surface area contributed by atoms with Crippen LogP contribution in [0.1, 0.15) is 24.0 Å². The molecule has 6 heteroatoms. The van der Waals surface area contributed by atoms with E-state index in [1.54, 1.807) is 0 Å². The molecule has 1 fully saturated rings. The standard InChI is InChI=1S/C28H22F2N4/c29-23-3-1-2-22(26(23)30)27-32-24-12-15-34(17-25(24)33-27)16-18-4-6-19(7-5-18)20-8-10-21(11-9-20)28(31)13-14-28/h1-12,15,17H,13-14,16,31H2. The lowest BCUT2D eigenvalue weighted by Crippen LogP contribution is -2.18. The van der Waals surface area contributed by atoms with Crippen molar-refractivity contribution in [2.24, 2.45) is 5.73 Å². The molecule has 2 heterocycles. The topological polar surface area (TPSA) is 56.7 Å². The summed E-state index contributed by atoms with van der Waals surface area (Å²) in [5.41, 5.74) is 12.2. The molecule has 0 saturated heterocycles. The molecule has 0 aromatic heterocycles. The summed E-state index contributed by atoms with van der Waals surface area (Å²) in [6.07, 6.45) is 5.90. The highest BCUT2D eigenvalue weighted by Gasteiger charge is 2.39. The molecule has 3 aromatic rings. The third-order valence-corrected chi connectivity index (χ3v) is 6.52. The van der Waals surface area contributed by atoms with Gasteiger partial charge in [-0.05, 0) is 53.3 Å². The summed E-state index contributed by atoms with van der Waals surface area (Å²) in [6, 6.07) is 22.8. The van der Waals surface area contributed by atoms with Crippen LogP contribution in [0.3, 0.4) is 0 Å². The van der Waals surface area contributed by atoms with Crippen LogP contribution in [0.2, 0.25) is 0 Å². The lowest BCUT2D eigenvalue weighted by molar-refractivity contribution is 0.510. The first-order valence-corrected chi connectivity index (χ1v) is 11.3. The van der Waals surface area contributed by atoms with Crippen molar-refractivity contribution in [1.82, 2.24) is 14.5 Å². The predicted octanol–water partition coefficient (Wildman–Crippen LogP) is 5.99. The van der Waals surface area contributed by atoms with Gasteiger partial charge in [-0.1, -0.05) is 54.6 Å². The molecule has 0 spiro atoms. The van der Waals surface area contributed by atoms with Gasteiger partial charge in [0.2, 0.25) is 0 Å². The molecule has 0 unspecified atom stereocenters. The van der Waals surface area contributed by atoms with E-state index < -0.39 is 11.6 Å². The maximum atomic E-state index is 14.1. The van der Waals surface area contributed by atoms with Gasteiger partial charge in [-0.3, -0.25) is 0 Å². The summed E-state index contributed by atoms with van der Waals surface area (Å²) in [5, 5.41) is 0. The Bertz CT molecular complexity index is 1450. The Hall–Kier alpha value is -3.90. The van der Waals surface area contributed by atoms with Crippen LogP contribution in [0.4, 0.5) is 8.78 Å². The predicted molar refractivity (Wildman–Crippen MR) is 128 cm³/mol.